The lowest BCUT2D eigenvalue weighted by Crippen LogP contribution is -2.35. The molecule has 22 heavy (non-hydrogen) atoms. The number of carbonyl (C=O) groups is 2. The lowest BCUT2D eigenvalue weighted by atomic mass is 10.3. The van der Waals surface area contributed by atoms with Crippen molar-refractivity contribution in [2.24, 2.45) is 0 Å². The van der Waals surface area contributed by atoms with E-state index in [1.807, 2.05) is 17.5 Å². The van der Waals surface area contributed by atoms with E-state index in [4.69, 9.17) is 4.74 Å². The van der Waals surface area contributed by atoms with E-state index in [0.717, 1.165) is 10.6 Å². The third-order valence-corrected chi connectivity index (χ3v) is 3.96. The molecule has 2 rings (SSSR count). The Kier molecular flexibility index (Phi) is 5.55. The van der Waals surface area contributed by atoms with Gasteiger partial charge in [0.1, 0.15) is 5.75 Å². The molecule has 2 aromatic rings. The number of amides is 2. The molecule has 1 aromatic carbocycles. The largest absolute Gasteiger partial charge is 0.497 e. The maximum absolute atomic E-state index is 12.0. The monoisotopic (exact) mass is 318 g/mol. The van der Waals surface area contributed by atoms with Crippen LogP contribution in [0.15, 0.2) is 41.8 Å². The highest BCUT2D eigenvalue weighted by Crippen LogP contribution is 2.15. The van der Waals surface area contributed by atoms with Gasteiger partial charge in [0.05, 0.1) is 20.1 Å². The first kappa shape index (κ1) is 16.0. The van der Waals surface area contributed by atoms with Crippen LogP contribution in [0.5, 0.6) is 5.75 Å². The van der Waals surface area contributed by atoms with Gasteiger partial charge >= 0.3 is 0 Å². The molecule has 0 bridgehead atoms. The van der Waals surface area contributed by atoms with E-state index < -0.39 is 0 Å². The number of likely N-dealkylation sites (N-methyl/N-ethyl adjacent to an activating group) is 1. The van der Waals surface area contributed by atoms with Crippen LogP contribution in [0.2, 0.25) is 0 Å². The van der Waals surface area contributed by atoms with Gasteiger partial charge in [-0.2, -0.15) is 0 Å². The molecule has 6 heteroatoms. The molecule has 2 amide bonds. The van der Waals surface area contributed by atoms with E-state index in [-0.39, 0.29) is 18.4 Å². The SMILES string of the molecule is COc1ccc(NC(=O)CN(C)C(=O)Cc2cccs2)cc1. The van der Waals surface area contributed by atoms with Gasteiger partial charge in [-0.3, -0.25) is 9.59 Å². The molecule has 0 aliphatic rings. The average molecular weight is 318 g/mol. The minimum absolute atomic E-state index is 0.0240. The summed E-state index contributed by atoms with van der Waals surface area (Å²) in [4.78, 5) is 26.4. The highest BCUT2D eigenvalue weighted by Gasteiger charge is 2.14. The molecule has 0 atom stereocenters. The molecular weight excluding hydrogens is 300 g/mol. The standard InChI is InChI=1S/C16H18N2O3S/c1-18(16(20)10-14-4-3-9-22-14)11-15(19)17-12-5-7-13(21-2)8-6-12/h3-9H,10-11H2,1-2H3,(H,17,19). The fraction of sp³-hybridized carbons (Fsp3) is 0.250. The first-order chi connectivity index (χ1) is 10.6. The van der Waals surface area contributed by atoms with Crippen LogP contribution >= 0.6 is 11.3 Å². The summed E-state index contributed by atoms with van der Waals surface area (Å²) >= 11 is 1.53. The second-order valence-corrected chi connectivity index (χ2v) is 5.81. The minimum atomic E-state index is -0.229. The molecule has 5 nitrogen and oxygen atoms in total. The summed E-state index contributed by atoms with van der Waals surface area (Å²) in [5.74, 6) is 0.417. The molecular formula is C16H18N2O3S. The quantitative estimate of drug-likeness (QED) is 0.890. The highest BCUT2D eigenvalue weighted by atomic mass is 32.1. The van der Waals surface area contributed by atoms with Crippen LogP contribution in [0.3, 0.4) is 0 Å². The Bertz CT molecular complexity index is 623. The van der Waals surface area contributed by atoms with Crippen LogP contribution < -0.4 is 10.1 Å². The Hall–Kier alpha value is -2.34. The zero-order valence-corrected chi connectivity index (χ0v) is 13.4. The van der Waals surface area contributed by atoms with E-state index in [1.165, 1.54) is 16.2 Å². The fourth-order valence-corrected chi connectivity index (χ4v) is 2.57. The molecule has 0 aliphatic heterocycles. The zero-order chi connectivity index (χ0) is 15.9. The molecule has 0 saturated carbocycles. The van der Waals surface area contributed by atoms with Crippen molar-refractivity contribution in [2.75, 3.05) is 26.0 Å². The third kappa shape index (κ3) is 4.60. The van der Waals surface area contributed by atoms with Crippen molar-refractivity contribution in [3.63, 3.8) is 0 Å². The van der Waals surface area contributed by atoms with Gasteiger partial charge in [-0.25, -0.2) is 0 Å². The summed E-state index contributed by atoms with van der Waals surface area (Å²) in [6.45, 7) is 0.0240. The number of methoxy groups -OCH3 is 1. The van der Waals surface area contributed by atoms with Crippen LogP contribution in [0, 0.1) is 0 Å². The number of carbonyl (C=O) groups excluding carboxylic acids is 2. The second-order valence-electron chi connectivity index (χ2n) is 4.78. The van der Waals surface area contributed by atoms with Gasteiger partial charge < -0.3 is 15.0 Å². The van der Waals surface area contributed by atoms with Gasteiger partial charge in [0.15, 0.2) is 0 Å². The maximum atomic E-state index is 12.0. The predicted octanol–water partition coefficient (Wildman–Crippen LogP) is 2.40. The van der Waals surface area contributed by atoms with Gasteiger partial charge in [-0.1, -0.05) is 6.07 Å². The van der Waals surface area contributed by atoms with E-state index in [2.05, 4.69) is 5.32 Å². The molecule has 1 N–H and O–H groups in total. The lowest BCUT2D eigenvalue weighted by molar-refractivity contribution is -0.132. The first-order valence-corrected chi connectivity index (χ1v) is 7.66. The summed E-state index contributed by atoms with van der Waals surface area (Å²) in [6.07, 6.45) is 0.323. The number of hydrogen-bond acceptors (Lipinski definition) is 4. The maximum Gasteiger partial charge on any atom is 0.243 e. The Morgan fingerprint density at radius 2 is 1.95 bits per heavy atom. The highest BCUT2D eigenvalue weighted by molar-refractivity contribution is 7.10. The van der Waals surface area contributed by atoms with Gasteiger partial charge in [0, 0.05) is 17.6 Å². The molecule has 0 spiro atoms. The summed E-state index contributed by atoms with van der Waals surface area (Å²) in [7, 11) is 3.21. The Labute approximate surface area is 133 Å². The van der Waals surface area contributed by atoms with Gasteiger partial charge in [-0.05, 0) is 35.7 Å². The molecule has 0 fully saturated rings. The Morgan fingerprint density at radius 3 is 2.55 bits per heavy atom. The number of nitrogens with one attached hydrogen (secondary N) is 1. The number of anilines is 1. The van der Waals surface area contributed by atoms with Crippen LogP contribution in [-0.2, 0) is 16.0 Å². The topological polar surface area (TPSA) is 58.6 Å². The normalized spacial score (nSPS) is 10.1. The Balaban J connectivity index is 1.83. The smallest absolute Gasteiger partial charge is 0.243 e. The number of rotatable bonds is 6. The summed E-state index contributed by atoms with van der Waals surface area (Å²) in [5, 5.41) is 4.68. The third-order valence-electron chi connectivity index (χ3n) is 3.09. The van der Waals surface area contributed by atoms with Crippen LogP contribution in [0.1, 0.15) is 4.88 Å². The second kappa shape index (κ2) is 7.61. The van der Waals surface area contributed by atoms with Crippen LogP contribution in [-0.4, -0.2) is 37.4 Å². The van der Waals surface area contributed by atoms with Crippen LogP contribution in [0.25, 0.3) is 0 Å². The molecule has 1 heterocycles. The minimum Gasteiger partial charge on any atom is -0.497 e. The lowest BCUT2D eigenvalue weighted by Gasteiger charge is -2.16. The molecule has 1 aromatic heterocycles. The zero-order valence-electron chi connectivity index (χ0n) is 12.5. The first-order valence-electron chi connectivity index (χ1n) is 6.78. The van der Waals surface area contributed by atoms with Gasteiger partial charge in [0.2, 0.25) is 11.8 Å². The molecule has 0 saturated heterocycles. The predicted molar refractivity (Wildman–Crippen MR) is 87.3 cm³/mol. The van der Waals surface area contributed by atoms with E-state index in [0.29, 0.717) is 12.1 Å². The van der Waals surface area contributed by atoms with E-state index in [1.54, 1.807) is 38.4 Å². The summed E-state index contributed by atoms with van der Waals surface area (Å²) in [5.41, 5.74) is 0.671. The van der Waals surface area contributed by atoms with E-state index in [9.17, 15) is 9.59 Å². The number of hydrogen-bond donors (Lipinski definition) is 1. The van der Waals surface area contributed by atoms with Crippen molar-refractivity contribution in [3.05, 3.63) is 46.7 Å². The molecule has 0 aliphatic carbocycles. The fourth-order valence-electron chi connectivity index (χ4n) is 1.88. The Morgan fingerprint density at radius 1 is 1.23 bits per heavy atom. The van der Waals surface area contributed by atoms with Gasteiger partial charge in [-0.15, -0.1) is 11.3 Å². The molecule has 0 radical (unpaired) electrons. The average Bonchev–Trinajstić information content (AvgIpc) is 3.00. The summed E-state index contributed by atoms with van der Waals surface area (Å²) < 4.78 is 5.06. The number of ether oxygens (including phenoxy) is 1. The number of nitrogens with zero attached hydrogens (tertiary/aromatic N) is 1. The van der Waals surface area contributed by atoms with Crippen molar-refractivity contribution >= 4 is 28.8 Å². The van der Waals surface area contributed by atoms with Crippen molar-refractivity contribution < 1.29 is 14.3 Å². The van der Waals surface area contributed by atoms with Crippen molar-refractivity contribution in [2.45, 2.75) is 6.42 Å². The molecule has 116 valence electrons. The van der Waals surface area contributed by atoms with Crippen molar-refractivity contribution in [3.8, 4) is 5.75 Å². The summed E-state index contributed by atoms with van der Waals surface area (Å²) in [6, 6.07) is 10.9. The van der Waals surface area contributed by atoms with Crippen molar-refractivity contribution in [1.29, 1.82) is 0 Å². The molecule has 0 unspecified atom stereocenters. The number of thiophene rings is 1. The van der Waals surface area contributed by atoms with Crippen molar-refractivity contribution in [1.82, 2.24) is 4.90 Å². The number of benzene rings is 1. The van der Waals surface area contributed by atoms with Gasteiger partial charge in [0.25, 0.3) is 0 Å². The van der Waals surface area contributed by atoms with Crippen LogP contribution in [0.4, 0.5) is 5.69 Å². The van der Waals surface area contributed by atoms with E-state index >= 15 is 0 Å².